The molecule has 2 aromatic heterocycles. The van der Waals surface area contributed by atoms with Gasteiger partial charge in [-0.2, -0.15) is 0 Å². The highest BCUT2D eigenvalue weighted by Gasteiger charge is 2.49. The van der Waals surface area contributed by atoms with E-state index in [0.29, 0.717) is 10.8 Å². The number of methoxy groups -OCH3 is 1. The SMILES string of the molecule is COc1ccc(C23CCC(CNc4cc(-c5coc(C(C)C)n5)ccn4)(CC2)CC3)cc1C. The lowest BCUT2D eigenvalue weighted by Crippen LogP contribution is -2.47. The Balaban J connectivity index is 1.25. The molecule has 6 rings (SSSR count). The third kappa shape index (κ3) is 4.14. The minimum absolute atomic E-state index is 0.281. The van der Waals surface area contributed by atoms with Gasteiger partial charge in [-0.25, -0.2) is 9.97 Å². The Hall–Kier alpha value is -2.82. The highest BCUT2D eigenvalue weighted by Crippen LogP contribution is 2.58. The van der Waals surface area contributed by atoms with Crippen LogP contribution in [0.1, 0.15) is 75.3 Å². The molecule has 0 aliphatic heterocycles. The Morgan fingerprint density at radius 3 is 2.45 bits per heavy atom. The molecule has 3 aliphatic carbocycles. The minimum Gasteiger partial charge on any atom is -0.496 e. The lowest BCUT2D eigenvalue weighted by Gasteiger charge is -2.54. The predicted molar refractivity (Wildman–Crippen MR) is 132 cm³/mol. The first kappa shape index (κ1) is 22.0. The number of hydrogen-bond donors (Lipinski definition) is 1. The number of anilines is 1. The number of nitrogens with one attached hydrogen (secondary N) is 1. The van der Waals surface area contributed by atoms with Crippen LogP contribution in [0.3, 0.4) is 0 Å². The average Bonchev–Trinajstić information content (AvgIpc) is 3.35. The maximum absolute atomic E-state index is 5.62. The number of benzene rings is 1. The zero-order valence-corrected chi connectivity index (χ0v) is 20.3. The first-order chi connectivity index (χ1) is 15.9. The van der Waals surface area contributed by atoms with E-state index in [4.69, 9.17) is 9.15 Å². The Morgan fingerprint density at radius 2 is 1.82 bits per heavy atom. The van der Waals surface area contributed by atoms with Gasteiger partial charge in [-0.1, -0.05) is 26.0 Å². The van der Waals surface area contributed by atoms with Crippen LogP contribution in [0.2, 0.25) is 0 Å². The highest BCUT2D eigenvalue weighted by atomic mass is 16.5. The minimum atomic E-state index is 0.281. The van der Waals surface area contributed by atoms with Gasteiger partial charge in [0, 0.05) is 24.2 Å². The van der Waals surface area contributed by atoms with Crippen LogP contribution < -0.4 is 10.1 Å². The van der Waals surface area contributed by atoms with Gasteiger partial charge < -0.3 is 14.5 Å². The fourth-order valence-corrected chi connectivity index (χ4v) is 5.82. The van der Waals surface area contributed by atoms with Crippen molar-refractivity contribution in [3.63, 3.8) is 0 Å². The van der Waals surface area contributed by atoms with E-state index in [1.165, 1.54) is 49.7 Å². The molecule has 3 aromatic rings. The molecule has 2 bridgehead atoms. The molecular weight excluding hydrogens is 410 g/mol. The summed E-state index contributed by atoms with van der Waals surface area (Å²) in [5.74, 6) is 2.96. The van der Waals surface area contributed by atoms with Crippen molar-refractivity contribution in [1.29, 1.82) is 0 Å². The first-order valence-corrected chi connectivity index (χ1v) is 12.2. The second kappa shape index (κ2) is 8.51. The van der Waals surface area contributed by atoms with Crippen molar-refractivity contribution in [2.45, 2.75) is 70.6 Å². The van der Waals surface area contributed by atoms with Crippen LogP contribution in [-0.2, 0) is 5.41 Å². The van der Waals surface area contributed by atoms with Crippen LogP contribution >= 0.6 is 0 Å². The molecule has 0 amide bonds. The van der Waals surface area contributed by atoms with E-state index in [0.717, 1.165) is 35.3 Å². The van der Waals surface area contributed by atoms with Crippen molar-refractivity contribution in [2.24, 2.45) is 5.41 Å². The molecule has 0 spiro atoms. The summed E-state index contributed by atoms with van der Waals surface area (Å²) in [4.78, 5) is 9.21. The molecule has 3 saturated carbocycles. The summed E-state index contributed by atoms with van der Waals surface area (Å²) in [6, 6.07) is 10.9. The van der Waals surface area contributed by atoms with Gasteiger partial charge >= 0.3 is 0 Å². The van der Waals surface area contributed by atoms with Gasteiger partial charge in [0.25, 0.3) is 0 Å². The summed E-state index contributed by atoms with van der Waals surface area (Å²) < 4.78 is 11.1. The van der Waals surface area contributed by atoms with Crippen LogP contribution in [0.25, 0.3) is 11.3 Å². The summed E-state index contributed by atoms with van der Waals surface area (Å²) in [6.07, 6.45) is 11.2. The van der Waals surface area contributed by atoms with Crippen molar-refractivity contribution in [1.82, 2.24) is 9.97 Å². The Labute approximate surface area is 197 Å². The van der Waals surface area contributed by atoms with Gasteiger partial charge in [-0.3, -0.25) is 0 Å². The van der Waals surface area contributed by atoms with Crippen molar-refractivity contribution >= 4 is 5.82 Å². The van der Waals surface area contributed by atoms with E-state index in [9.17, 15) is 0 Å². The van der Waals surface area contributed by atoms with Crippen LogP contribution in [-0.4, -0.2) is 23.6 Å². The number of oxazole rings is 1. The van der Waals surface area contributed by atoms with E-state index in [1.807, 2.05) is 12.3 Å². The second-order valence-electron chi connectivity index (χ2n) is 10.5. The number of aromatic nitrogens is 2. The summed E-state index contributed by atoms with van der Waals surface area (Å²) in [7, 11) is 1.75. The molecule has 174 valence electrons. The molecule has 5 nitrogen and oxygen atoms in total. The Bertz CT molecular complexity index is 1110. The Morgan fingerprint density at radius 1 is 1.06 bits per heavy atom. The number of aryl methyl sites for hydroxylation is 1. The van der Waals surface area contributed by atoms with Gasteiger partial charge in [0.1, 0.15) is 23.5 Å². The summed E-state index contributed by atoms with van der Waals surface area (Å²) in [5.41, 5.74) is 5.38. The molecule has 3 fully saturated rings. The maximum Gasteiger partial charge on any atom is 0.197 e. The topological polar surface area (TPSA) is 60.2 Å². The zero-order valence-electron chi connectivity index (χ0n) is 20.3. The standard InChI is InChI=1S/C28H35N3O2/c1-19(2)26-31-23(17-33-26)21-7-14-29-25(16-21)30-18-27-8-11-28(12-9-27,13-10-27)22-5-6-24(32-4)20(3)15-22/h5-7,14-17,19H,8-13,18H2,1-4H3,(H,29,30). The normalized spacial score (nSPS) is 24.3. The molecule has 2 heterocycles. The van der Waals surface area contributed by atoms with Crippen LogP contribution in [0, 0.1) is 12.3 Å². The molecule has 3 aliphatic rings. The van der Waals surface area contributed by atoms with Crippen molar-refractivity contribution in [3.05, 3.63) is 59.8 Å². The zero-order chi connectivity index (χ0) is 23.1. The van der Waals surface area contributed by atoms with E-state index in [1.54, 1.807) is 13.4 Å². The fraction of sp³-hybridized carbons (Fsp3) is 0.500. The van der Waals surface area contributed by atoms with Gasteiger partial charge in [-0.15, -0.1) is 0 Å². The summed E-state index contributed by atoms with van der Waals surface area (Å²) in [5, 5.41) is 3.66. The highest BCUT2D eigenvalue weighted by molar-refractivity contribution is 5.61. The summed E-state index contributed by atoms with van der Waals surface area (Å²) in [6.45, 7) is 7.32. The molecule has 0 atom stereocenters. The lowest BCUT2D eigenvalue weighted by atomic mass is 9.52. The molecule has 0 unspecified atom stereocenters. The van der Waals surface area contributed by atoms with Crippen molar-refractivity contribution in [2.75, 3.05) is 19.0 Å². The predicted octanol–water partition coefficient (Wildman–Crippen LogP) is 6.88. The molecule has 0 radical (unpaired) electrons. The monoisotopic (exact) mass is 445 g/mol. The van der Waals surface area contributed by atoms with Crippen molar-refractivity contribution in [3.8, 4) is 17.0 Å². The number of rotatable bonds is 7. The number of nitrogens with zero attached hydrogens (tertiary/aromatic N) is 2. The van der Waals surface area contributed by atoms with Gasteiger partial charge in [-0.05, 0) is 85.6 Å². The quantitative estimate of drug-likeness (QED) is 0.429. The van der Waals surface area contributed by atoms with Crippen LogP contribution in [0.5, 0.6) is 5.75 Å². The number of ether oxygens (including phenoxy) is 1. The fourth-order valence-electron chi connectivity index (χ4n) is 5.82. The summed E-state index contributed by atoms with van der Waals surface area (Å²) >= 11 is 0. The van der Waals surface area contributed by atoms with E-state index in [2.05, 4.69) is 60.3 Å². The second-order valence-corrected chi connectivity index (χ2v) is 10.5. The third-order valence-corrected chi connectivity index (χ3v) is 8.12. The van der Waals surface area contributed by atoms with Crippen LogP contribution in [0.4, 0.5) is 5.82 Å². The average molecular weight is 446 g/mol. The van der Waals surface area contributed by atoms with Gasteiger partial charge in [0.2, 0.25) is 0 Å². The van der Waals surface area contributed by atoms with E-state index in [-0.39, 0.29) is 5.92 Å². The van der Waals surface area contributed by atoms with E-state index < -0.39 is 0 Å². The lowest BCUT2D eigenvalue weighted by molar-refractivity contribution is 0.0505. The molecular formula is C28H35N3O2. The smallest absolute Gasteiger partial charge is 0.197 e. The van der Waals surface area contributed by atoms with Crippen molar-refractivity contribution < 1.29 is 9.15 Å². The largest absolute Gasteiger partial charge is 0.496 e. The number of hydrogen-bond acceptors (Lipinski definition) is 5. The van der Waals surface area contributed by atoms with Gasteiger partial charge in [0.05, 0.1) is 7.11 Å². The molecule has 1 N–H and O–H groups in total. The molecule has 1 aromatic carbocycles. The number of pyridine rings is 1. The van der Waals surface area contributed by atoms with Crippen LogP contribution in [0.15, 0.2) is 47.2 Å². The Kier molecular flexibility index (Phi) is 5.67. The first-order valence-electron chi connectivity index (χ1n) is 12.2. The number of fused-ring (bicyclic) bond motifs is 3. The molecule has 0 saturated heterocycles. The maximum atomic E-state index is 5.62. The van der Waals surface area contributed by atoms with E-state index >= 15 is 0 Å². The third-order valence-electron chi connectivity index (χ3n) is 8.12. The molecule has 33 heavy (non-hydrogen) atoms. The molecule has 5 heteroatoms. The van der Waals surface area contributed by atoms with Gasteiger partial charge in [0.15, 0.2) is 5.89 Å².